The summed E-state index contributed by atoms with van der Waals surface area (Å²) in [5.74, 6) is -1.49. The van der Waals surface area contributed by atoms with E-state index in [0.29, 0.717) is 0 Å². The summed E-state index contributed by atoms with van der Waals surface area (Å²) < 4.78 is 67.9. The average Bonchev–Trinajstić information content (AvgIpc) is 2.96. The van der Waals surface area contributed by atoms with Crippen molar-refractivity contribution in [2.75, 3.05) is 16.2 Å². The van der Waals surface area contributed by atoms with E-state index in [0.717, 1.165) is 16.4 Å². The Morgan fingerprint density at radius 2 is 2.13 bits per heavy atom. The monoisotopic (exact) mass is 461 g/mol. The van der Waals surface area contributed by atoms with Gasteiger partial charge in [0.25, 0.3) is 12.3 Å². The minimum absolute atomic E-state index is 0.0543. The zero-order valence-electron chi connectivity index (χ0n) is 15.4. The molecule has 2 N–H and O–H groups in total. The lowest BCUT2D eigenvalue weighted by molar-refractivity contribution is 0.101. The highest BCUT2D eigenvalue weighted by molar-refractivity contribution is 7.91. The van der Waals surface area contributed by atoms with Crippen LogP contribution in [0.5, 0.6) is 0 Å². The maximum Gasteiger partial charge on any atom is 0.302 e. The molecule has 1 amide bonds. The molecule has 30 heavy (non-hydrogen) atoms. The van der Waals surface area contributed by atoms with E-state index >= 15 is 0 Å². The quantitative estimate of drug-likeness (QED) is 0.729. The van der Waals surface area contributed by atoms with E-state index in [1.807, 2.05) is 4.72 Å². The Hall–Kier alpha value is -2.75. The number of aromatic nitrogens is 1. The van der Waals surface area contributed by atoms with Crippen molar-refractivity contribution in [1.82, 2.24) is 9.29 Å². The number of carbonyl (C=O) groups excluding carboxylic acids is 1. The number of alkyl halides is 2. The van der Waals surface area contributed by atoms with Crippen LogP contribution in [-0.4, -0.2) is 37.9 Å². The molecule has 1 unspecified atom stereocenters. The molecule has 1 fully saturated rings. The molecule has 160 valence electrons. The summed E-state index contributed by atoms with van der Waals surface area (Å²) in [5.41, 5.74) is -0.309. The van der Waals surface area contributed by atoms with Gasteiger partial charge < -0.3 is 9.88 Å². The number of nitriles is 1. The van der Waals surface area contributed by atoms with Gasteiger partial charge in [-0.05, 0) is 24.6 Å². The lowest BCUT2D eigenvalue weighted by Crippen LogP contribution is -2.54. The molecule has 1 atom stereocenters. The molecular weight excluding hydrogens is 447 g/mol. The van der Waals surface area contributed by atoms with Crippen LogP contribution in [0.25, 0.3) is 0 Å². The fourth-order valence-corrected chi connectivity index (χ4v) is 4.90. The molecule has 0 saturated carbocycles. The summed E-state index contributed by atoms with van der Waals surface area (Å²) >= 11 is 6.26. The van der Waals surface area contributed by atoms with Crippen molar-refractivity contribution in [1.29, 1.82) is 5.26 Å². The zero-order valence-corrected chi connectivity index (χ0v) is 16.9. The second-order valence-corrected chi connectivity index (χ2v) is 8.48. The molecule has 2 heterocycles. The molecule has 8 nitrogen and oxygen atoms in total. The summed E-state index contributed by atoms with van der Waals surface area (Å²) in [5, 5.41) is 11.1. The third kappa shape index (κ3) is 4.09. The minimum atomic E-state index is -4.30. The summed E-state index contributed by atoms with van der Waals surface area (Å²) in [7, 11) is -2.85. The van der Waals surface area contributed by atoms with E-state index in [4.69, 9.17) is 16.9 Å². The molecule has 1 aliphatic rings. The van der Waals surface area contributed by atoms with Crippen LogP contribution in [0.1, 0.15) is 22.5 Å². The van der Waals surface area contributed by atoms with E-state index < -0.39 is 34.4 Å². The van der Waals surface area contributed by atoms with Crippen LogP contribution >= 0.6 is 11.6 Å². The van der Waals surface area contributed by atoms with Crippen molar-refractivity contribution < 1.29 is 26.4 Å². The number of nitrogens with one attached hydrogen (secondary N) is 2. The van der Waals surface area contributed by atoms with E-state index in [2.05, 4.69) is 5.32 Å². The first-order valence-corrected chi connectivity index (χ1v) is 10.3. The van der Waals surface area contributed by atoms with E-state index in [1.54, 1.807) is 6.07 Å². The maximum atomic E-state index is 13.4. The van der Waals surface area contributed by atoms with Gasteiger partial charge in [-0.2, -0.15) is 18.4 Å². The van der Waals surface area contributed by atoms with Gasteiger partial charge in [0, 0.05) is 25.5 Å². The molecular formula is C17H15ClF3N5O3S. The maximum absolute atomic E-state index is 13.4. The number of halogens is 4. The molecule has 1 aromatic carbocycles. The average molecular weight is 462 g/mol. The Morgan fingerprint density at radius 1 is 1.43 bits per heavy atom. The van der Waals surface area contributed by atoms with Crippen LogP contribution in [0.15, 0.2) is 24.4 Å². The van der Waals surface area contributed by atoms with Crippen molar-refractivity contribution in [3.05, 3.63) is 46.5 Å². The highest BCUT2D eigenvalue weighted by Gasteiger charge is 2.38. The lowest BCUT2D eigenvalue weighted by Gasteiger charge is -2.32. The number of hydrogen-bond donors (Lipinski definition) is 2. The molecule has 0 aliphatic carbocycles. The Balaban J connectivity index is 1.89. The normalized spacial score (nSPS) is 18.3. The number of hydrogen-bond acceptors (Lipinski definition) is 4. The molecule has 1 aliphatic heterocycles. The third-order valence-corrected chi connectivity index (χ3v) is 6.40. The standard InChI is InChI=1S/C17H15ClF3N5O3S/c1-25-8-13(26-5-4-12(16(20)21)24-30(26,28)29)14(18)15(25)17(27)23-10-2-3-11(19)9(6-10)7-22/h2-3,6,8,12,16,24H,4-5H2,1H3,(H,23,27). The van der Waals surface area contributed by atoms with Gasteiger partial charge in [0.15, 0.2) is 0 Å². The fourth-order valence-electron chi connectivity index (χ4n) is 3.01. The smallest absolute Gasteiger partial charge is 0.302 e. The fraction of sp³-hybridized carbons (Fsp3) is 0.294. The van der Waals surface area contributed by atoms with Crippen molar-refractivity contribution in [3.63, 3.8) is 0 Å². The van der Waals surface area contributed by atoms with Gasteiger partial charge >= 0.3 is 10.2 Å². The summed E-state index contributed by atoms with van der Waals surface area (Å²) in [6.07, 6.45) is -1.73. The van der Waals surface area contributed by atoms with E-state index in [-0.39, 0.29) is 40.6 Å². The topological polar surface area (TPSA) is 107 Å². The van der Waals surface area contributed by atoms with Crippen LogP contribution < -0.4 is 14.3 Å². The van der Waals surface area contributed by atoms with Gasteiger partial charge in [-0.3, -0.25) is 9.10 Å². The van der Waals surface area contributed by atoms with Gasteiger partial charge in [-0.25, -0.2) is 13.2 Å². The van der Waals surface area contributed by atoms with Crippen molar-refractivity contribution in [3.8, 4) is 6.07 Å². The number of carbonyl (C=O) groups is 1. The summed E-state index contributed by atoms with van der Waals surface area (Å²) in [6.45, 7) is -0.251. The van der Waals surface area contributed by atoms with Crippen molar-refractivity contribution in [2.45, 2.75) is 18.9 Å². The Kier molecular flexibility index (Phi) is 5.98. The molecule has 0 spiro atoms. The predicted octanol–water partition coefficient (Wildman–Crippen LogP) is 2.62. The molecule has 3 rings (SSSR count). The highest BCUT2D eigenvalue weighted by atomic mass is 35.5. The van der Waals surface area contributed by atoms with Crippen LogP contribution in [0.4, 0.5) is 24.5 Å². The van der Waals surface area contributed by atoms with Gasteiger partial charge in [-0.15, -0.1) is 0 Å². The van der Waals surface area contributed by atoms with Crippen LogP contribution in [0, 0.1) is 17.1 Å². The number of rotatable bonds is 4. The molecule has 2 aromatic rings. The van der Waals surface area contributed by atoms with Gasteiger partial charge in [0.1, 0.15) is 17.6 Å². The van der Waals surface area contributed by atoms with Gasteiger partial charge in [0.2, 0.25) is 0 Å². The first-order valence-electron chi connectivity index (χ1n) is 8.49. The minimum Gasteiger partial charge on any atom is -0.343 e. The largest absolute Gasteiger partial charge is 0.343 e. The lowest BCUT2D eigenvalue weighted by atomic mass is 10.2. The Labute approximate surface area is 175 Å². The van der Waals surface area contributed by atoms with Crippen LogP contribution in [-0.2, 0) is 17.3 Å². The van der Waals surface area contributed by atoms with E-state index in [9.17, 15) is 26.4 Å². The van der Waals surface area contributed by atoms with E-state index in [1.165, 1.54) is 23.9 Å². The second-order valence-electron chi connectivity index (χ2n) is 6.47. The second kappa shape index (κ2) is 8.17. The summed E-state index contributed by atoms with van der Waals surface area (Å²) in [4.78, 5) is 12.7. The molecule has 1 aromatic heterocycles. The highest BCUT2D eigenvalue weighted by Crippen LogP contribution is 2.35. The van der Waals surface area contributed by atoms with Crippen LogP contribution in [0.3, 0.4) is 0 Å². The molecule has 1 saturated heterocycles. The zero-order chi connectivity index (χ0) is 22.2. The number of aryl methyl sites for hydroxylation is 1. The predicted molar refractivity (Wildman–Crippen MR) is 103 cm³/mol. The summed E-state index contributed by atoms with van der Waals surface area (Å²) in [6, 6.07) is 3.53. The first-order chi connectivity index (χ1) is 14.0. The number of anilines is 2. The Morgan fingerprint density at radius 3 is 2.73 bits per heavy atom. The molecule has 13 heteroatoms. The number of nitrogens with zero attached hydrogens (tertiary/aromatic N) is 3. The van der Waals surface area contributed by atoms with Crippen LogP contribution in [0.2, 0.25) is 5.02 Å². The number of amides is 1. The van der Waals surface area contributed by atoms with Crippen molar-refractivity contribution in [2.24, 2.45) is 7.05 Å². The SMILES string of the molecule is Cn1cc(N2CCC(C(F)F)NS2(=O)=O)c(Cl)c1C(=O)Nc1ccc(F)c(C#N)c1. The third-order valence-electron chi connectivity index (χ3n) is 4.47. The first kappa shape index (κ1) is 21.9. The number of benzene rings is 1. The van der Waals surface area contributed by atoms with Gasteiger partial charge in [-0.1, -0.05) is 11.6 Å². The van der Waals surface area contributed by atoms with Crippen molar-refractivity contribution >= 4 is 39.1 Å². The Bertz CT molecular complexity index is 1150. The molecule has 0 bridgehead atoms. The van der Waals surface area contributed by atoms with Gasteiger partial charge in [0.05, 0.1) is 22.3 Å². The molecule has 0 radical (unpaired) electrons.